The van der Waals surface area contributed by atoms with Gasteiger partial charge >= 0.3 is 6.03 Å². The lowest BCUT2D eigenvalue weighted by atomic mass is 9.75. The van der Waals surface area contributed by atoms with Crippen molar-refractivity contribution in [3.8, 4) is 0 Å². The van der Waals surface area contributed by atoms with Gasteiger partial charge in [-0.2, -0.15) is 0 Å². The minimum absolute atomic E-state index is 0.253. The zero-order chi connectivity index (χ0) is 16.8. The number of imide groups is 2. The van der Waals surface area contributed by atoms with Crippen molar-refractivity contribution in [1.82, 2.24) is 9.80 Å². The first-order chi connectivity index (χ1) is 10.9. The third kappa shape index (κ3) is 2.04. The van der Waals surface area contributed by atoms with Crippen LogP contribution in [0.4, 0.5) is 4.79 Å². The number of benzene rings is 1. The molecule has 0 atom stereocenters. The number of carbonyl (C=O) groups is 3. The van der Waals surface area contributed by atoms with Crippen molar-refractivity contribution in [3.05, 3.63) is 54.1 Å². The van der Waals surface area contributed by atoms with Crippen molar-refractivity contribution >= 4 is 23.4 Å². The Bertz CT molecular complexity index is 739. The van der Waals surface area contributed by atoms with Crippen LogP contribution < -0.4 is 0 Å². The van der Waals surface area contributed by atoms with Crippen LogP contribution in [0.1, 0.15) is 17.5 Å². The largest absolute Gasteiger partial charge is 0.332 e. The van der Waals surface area contributed by atoms with Crippen molar-refractivity contribution < 1.29 is 14.4 Å². The summed E-state index contributed by atoms with van der Waals surface area (Å²) in [6.45, 7) is 3.83. The first-order valence-corrected chi connectivity index (χ1v) is 7.43. The van der Waals surface area contributed by atoms with Crippen LogP contribution in [0.3, 0.4) is 0 Å². The summed E-state index contributed by atoms with van der Waals surface area (Å²) in [6, 6.07) is 7.08. The van der Waals surface area contributed by atoms with Crippen LogP contribution in [-0.2, 0) is 16.0 Å². The average Bonchev–Trinajstić information content (AvgIpc) is 2.74. The molecular formula is C18H18N2O3. The van der Waals surface area contributed by atoms with Crippen molar-refractivity contribution in [2.45, 2.75) is 12.8 Å². The molecule has 0 radical (unpaired) electrons. The Hall–Kier alpha value is -2.69. The predicted molar refractivity (Wildman–Crippen MR) is 86.3 cm³/mol. The van der Waals surface area contributed by atoms with E-state index in [1.807, 2.05) is 30.3 Å². The van der Waals surface area contributed by atoms with E-state index in [-0.39, 0.29) is 12.8 Å². The molecule has 0 unspecified atom stereocenters. The molecule has 1 aromatic rings. The molecule has 0 saturated carbocycles. The molecule has 1 fully saturated rings. The molecule has 1 heterocycles. The highest BCUT2D eigenvalue weighted by atomic mass is 16.2. The molecular weight excluding hydrogens is 292 g/mol. The van der Waals surface area contributed by atoms with Crippen LogP contribution in [0.5, 0.6) is 0 Å². The van der Waals surface area contributed by atoms with Gasteiger partial charge in [0, 0.05) is 14.1 Å². The standard InChI is InChI=1S/C18H18N2O3/c1-4-12-9-10-18(11-13-7-5-6-8-14(12)13)15(21)19(2)17(23)20(3)16(18)22/h4-9H,1,10-11H2,2-3H3. The smallest absolute Gasteiger partial charge is 0.273 e. The third-order valence-electron chi connectivity index (χ3n) is 4.71. The monoisotopic (exact) mass is 310 g/mol. The molecule has 4 amide bonds. The second-order valence-corrected chi connectivity index (χ2v) is 5.99. The molecule has 0 aromatic heterocycles. The second-order valence-electron chi connectivity index (χ2n) is 5.99. The highest BCUT2D eigenvalue weighted by Gasteiger charge is 2.55. The van der Waals surface area contributed by atoms with Crippen molar-refractivity contribution in [1.29, 1.82) is 0 Å². The van der Waals surface area contributed by atoms with Crippen LogP contribution in [-0.4, -0.2) is 41.7 Å². The molecule has 2 aliphatic rings. The minimum Gasteiger partial charge on any atom is -0.273 e. The van der Waals surface area contributed by atoms with Gasteiger partial charge in [-0.05, 0) is 29.5 Å². The Labute approximate surface area is 134 Å². The summed E-state index contributed by atoms with van der Waals surface area (Å²) in [6.07, 6.45) is 4.12. The van der Waals surface area contributed by atoms with E-state index in [9.17, 15) is 14.4 Å². The molecule has 3 rings (SSSR count). The molecule has 5 nitrogen and oxygen atoms in total. The van der Waals surface area contributed by atoms with E-state index in [0.29, 0.717) is 0 Å². The van der Waals surface area contributed by atoms with Gasteiger partial charge in [0.1, 0.15) is 5.41 Å². The molecule has 23 heavy (non-hydrogen) atoms. The van der Waals surface area contributed by atoms with E-state index in [1.165, 1.54) is 14.1 Å². The zero-order valence-electron chi connectivity index (χ0n) is 13.2. The topological polar surface area (TPSA) is 57.7 Å². The molecule has 0 N–H and O–H groups in total. The van der Waals surface area contributed by atoms with E-state index in [2.05, 4.69) is 6.58 Å². The Morgan fingerprint density at radius 1 is 1.09 bits per heavy atom. The maximum absolute atomic E-state index is 12.8. The normalized spacial score (nSPS) is 20.3. The first-order valence-electron chi connectivity index (χ1n) is 7.43. The van der Waals surface area contributed by atoms with Crippen LogP contribution in [0.15, 0.2) is 43.0 Å². The summed E-state index contributed by atoms with van der Waals surface area (Å²) < 4.78 is 0. The maximum Gasteiger partial charge on any atom is 0.332 e. The van der Waals surface area contributed by atoms with Crippen LogP contribution >= 0.6 is 0 Å². The van der Waals surface area contributed by atoms with Gasteiger partial charge in [-0.1, -0.05) is 43.0 Å². The molecule has 5 heteroatoms. The molecule has 1 spiro atoms. The number of carbonyl (C=O) groups excluding carboxylic acids is 3. The third-order valence-corrected chi connectivity index (χ3v) is 4.71. The fourth-order valence-electron chi connectivity index (χ4n) is 3.40. The molecule has 1 aliphatic heterocycles. The summed E-state index contributed by atoms with van der Waals surface area (Å²) in [5.74, 6) is -0.885. The number of allylic oxidation sites excluding steroid dienone is 3. The first kappa shape index (κ1) is 15.2. The lowest BCUT2D eigenvalue weighted by Gasteiger charge is -2.41. The SMILES string of the molecule is C=CC1=CCC2(Cc3ccccc31)C(=O)N(C)C(=O)N(C)C2=O. The van der Waals surface area contributed by atoms with E-state index in [4.69, 9.17) is 0 Å². The average molecular weight is 310 g/mol. The fraction of sp³-hybridized carbons (Fsp3) is 0.278. The second kappa shape index (κ2) is 5.19. The highest BCUT2D eigenvalue weighted by Crippen LogP contribution is 2.41. The molecule has 1 saturated heterocycles. The summed E-state index contributed by atoms with van der Waals surface area (Å²) in [5, 5.41) is 0. The van der Waals surface area contributed by atoms with E-state index < -0.39 is 23.3 Å². The van der Waals surface area contributed by atoms with E-state index in [0.717, 1.165) is 26.5 Å². The summed E-state index contributed by atoms with van der Waals surface area (Å²) in [7, 11) is 2.84. The zero-order valence-corrected chi connectivity index (χ0v) is 13.2. The van der Waals surface area contributed by atoms with Crippen LogP contribution in [0, 0.1) is 5.41 Å². The maximum atomic E-state index is 12.8. The number of barbiturate groups is 1. The molecule has 0 bridgehead atoms. The van der Waals surface area contributed by atoms with Gasteiger partial charge in [0.05, 0.1) is 0 Å². The minimum atomic E-state index is -1.27. The predicted octanol–water partition coefficient (Wildman–Crippen LogP) is 2.24. The number of hydrogen-bond donors (Lipinski definition) is 0. The van der Waals surface area contributed by atoms with Gasteiger partial charge in [-0.15, -0.1) is 0 Å². The van der Waals surface area contributed by atoms with E-state index >= 15 is 0 Å². The number of nitrogens with zero attached hydrogens (tertiary/aromatic N) is 2. The lowest BCUT2D eigenvalue weighted by molar-refractivity contribution is -0.156. The number of amides is 4. The Morgan fingerprint density at radius 3 is 2.30 bits per heavy atom. The Morgan fingerprint density at radius 2 is 1.70 bits per heavy atom. The van der Waals surface area contributed by atoms with Gasteiger partial charge in [-0.25, -0.2) is 4.79 Å². The van der Waals surface area contributed by atoms with E-state index in [1.54, 1.807) is 6.08 Å². The fourth-order valence-corrected chi connectivity index (χ4v) is 3.40. The van der Waals surface area contributed by atoms with Crippen LogP contribution in [0.25, 0.3) is 5.57 Å². The highest BCUT2D eigenvalue weighted by molar-refractivity contribution is 6.19. The lowest BCUT2D eigenvalue weighted by Crippen LogP contribution is -2.63. The Balaban J connectivity index is 2.18. The van der Waals surface area contributed by atoms with Crippen molar-refractivity contribution in [3.63, 3.8) is 0 Å². The molecule has 118 valence electrons. The van der Waals surface area contributed by atoms with Crippen molar-refractivity contribution in [2.75, 3.05) is 14.1 Å². The summed E-state index contributed by atoms with van der Waals surface area (Å²) in [5.41, 5.74) is 1.52. The van der Waals surface area contributed by atoms with Crippen molar-refractivity contribution in [2.24, 2.45) is 5.41 Å². The number of rotatable bonds is 1. The Kier molecular flexibility index (Phi) is 3.43. The number of hydrogen-bond acceptors (Lipinski definition) is 3. The van der Waals surface area contributed by atoms with Gasteiger partial charge < -0.3 is 0 Å². The quantitative estimate of drug-likeness (QED) is 0.748. The van der Waals surface area contributed by atoms with Gasteiger partial charge in [0.2, 0.25) is 11.8 Å². The molecule has 1 aliphatic carbocycles. The van der Waals surface area contributed by atoms with Gasteiger partial charge in [0.25, 0.3) is 0 Å². The number of urea groups is 1. The molecule has 1 aromatic carbocycles. The van der Waals surface area contributed by atoms with Gasteiger partial charge in [-0.3, -0.25) is 19.4 Å². The van der Waals surface area contributed by atoms with Gasteiger partial charge in [0.15, 0.2) is 0 Å². The number of fused-ring (bicyclic) bond motifs is 1. The summed E-state index contributed by atoms with van der Waals surface area (Å²) in [4.78, 5) is 39.7. The summed E-state index contributed by atoms with van der Waals surface area (Å²) >= 11 is 0. The van der Waals surface area contributed by atoms with Crippen LogP contribution in [0.2, 0.25) is 0 Å².